The van der Waals surface area contributed by atoms with E-state index in [9.17, 15) is 4.79 Å². The summed E-state index contributed by atoms with van der Waals surface area (Å²) in [6.45, 7) is 1.64. The highest BCUT2D eigenvalue weighted by atomic mass is 31.2. The zero-order chi connectivity index (χ0) is 20.8. The zero-order valence-corrected chi connectivity index (χ0v) is 17.9. The summed E-state index contributed by atoms with van der Waals surface area (Å²) < 4.78 is 0. The second-order valence-electron chi connectivity index (χ2n) is 7.18. The van der Waals surface area contributed by atoms with E-state index in [1.165, 1.54) is 15.9 Å². The van der Waals surface area contributed by atoms with Crippen LogP contribution in [-0.4, -0.2) is 5.78 Å². The van der Waals surface area contributed by atoms with Crippen molar-refractivity contribution in [3.8, 4) is 0 Å². The molecule has 0 atom stereocenters. The van der Waals surface area contributed by atoms with Gasteiger partial charge in [0.15, 0.2) is 5.78 Å². The van der Waals surface area contributed by atoms with Crippen LogP contribution in [0.4, 0.5) is 0 Å². The molecule has 1 nitrogen and oxygen atoms in total. The van der Waals surface area contributed by atoms with Crippen molar-refractivity contribution in [2.75, 3.05) is 0 Å². The van der Waals surface area contributed by atoms with Gasteiger partial charge in [-0.25, -0.2) is 0 Å². The Hall–Kier alpha value is -3.28. The van der Waals surface area contributed by atoms with Crippen molar-refractivity contribution in [3.05, 3.63) is 133 Å². The van der Waals surface area contributed by atoms with Gasteiger partial charge in [0.2, 0.25) is 0 Å². The summed E-state index contributed by atoms with van der Waals surface area (Å²) in [6.07, 6.45) is 1.84. The van der Waals surface area contributed by atoms with Crippen LogP contribution < -0.4 is 15.9 Å². The minimum atomic E-state index is -2.30. The number of hydrogen-bond acceptors (Lipinski definition) is 1. The first kappa shape index (κ1) is 20.0. The Labute approximate surface area is 179 Å². The molecule has 0 aromatic heterocycles. The molecule has 4 aromatic rings. The van der Waals surface area contributed by atoms with E-state index in [0.29, 0.717) is 0 Å². The molecule has 0 amide bonds. The van der Waals surface area contributed by atoms with Gasteiger partial charge in [-0.15, -0.1) is 0 Å². The summed E-state index contributed by atoms with van der Waals surface area (Å²) in [5.74, 6) is 0.0565. The Balaban J connectivity index is 2.18. The Morgan fingerprint density at radius 3 is 1.23 bits per heavy atom. The van der Waals surface area contributed by atoms with E-state index in [1.807, 2.05) is 42.5 Å². The lowest BCUT2D eigenvalue weighted by molar-refractivity contribution is -0.112. The Kier molecular flexibility index (Phi) is 6.02. The Morgan fingerprint density at radius 2 is 0.900 bits per heavy atom. The third-order valence-electron chi connectivity index (χ3n) is 5.20. The van der Waals surface area contributed by atoms with Gasteiger partial charge in [-0.1, -0.05) is 84.9 Å². The van der Waals surface area contributed by atoms with Gasteiger partial charge in [-0.2, -0.15) is 0 Å². The number of ketones is 1. The molecule has 0 heterocycles. The number of rotatable bonds is 6. The first-order valence-corrected chi connectivity index (χ1v) is 11.9. The fraction of sp³-hybridized carbons (Fsp3) is 0.0357. The van der Waals surface area contributed by atoms with E-state index in [-0.39, 0.29) is 5.78 Å². The van der Waals surface area contributed by atoms with E-state index in [1.54, 1.807) is 6.92 Å². The Morgan fingerprint density at radius 1 is 0.567 bits per heavy atom. The lowest BCUT2D eigenvalue weighted by Crippen LogP contribution is -2.32. The third-order valence-corrected chi connectivity index (χ3v) is 9.53. The van der Waals surface area contributed by atoms with Crippen LogP contribution in [0.25, 0.3) is 5.31 Å². The van der Waals surface area contributed by atoms with E-state index < -0.39 is 7.26 Å². The molecule has 0 N–H and O–H groups in total. The van der Waals surface area contributed by atoms with Crippen molar-refractivity contribution in [3.63, 3.8) is 0 Å². The second-order valence-corrected chi connectivity index (χ2v) is 10.6. The van der Waals surface area contributed by atoms with Crippen molar-refractivity contribution in [1.29, 1.82) is 0 Å². The van der Waals surface area contributed by atoms with E-state index in [4.69, 9.17) is 0 Å². The topological polar surface area (TPSA) is 17.1 Å². The predicted octanol–water partition coefficient (Wildman–Crippen LogP) is 5.61. The molecule has 4 aromatic carbocycles. The molecule has 30 heavy (non-hydrogen) atoms. The summed E-state index contributed by atoms with van der Waals surface area (Å²) in [7, 11) is -2.30. The van der Waals surface area contributed by atoms with Crippen molar-refractivity contribution in [1.82, 2.24) is 0 Å². The molecule has 4 rings (SSSR count). The first-order chi connectivity index (χ1) is 14.7. The molecular formula is C28H24OP+. The smallest absolute Gasteiger partial charge is 0.156 e. The standard InChI is InChI=1S/C28H24OP/c1-23(29)22-28(24-14-6-2-7-15-24)30(25-16-8-3-9-17-25,26-18-10-4-11-19-26)27-20-12-5-13-21-27/h2-22H,1H3/q+1. The average Bonchev–Trinajstić information content (AvgIpc) is 2.81. The minimum absolute atomic E-state index is 0.0565. The van der Waals surface area contributed by atoms with Gasteiger partial charge in [-0.05, 0) is 43.3 Å². The summed E-state index contributed by atoms with van der Waals surface area (Å²) in [6, 6.07) is 42.2. The largest absolute Gasteiger partial charge is 0.295 e. The van der Waals surface area contributed by atoms with Crippen LogP contribution in [0.15, 0.2) is 127 Å². The molecule has 0 bridgehead atoms. The lowest BCUT2D eigenvalue weighted by atomic mass is 10.2. The van der Waals surface area contributed by atoms with Crippen LogP contribution >= 0.6 is 7.26 Å². The SMILES string of the molecule is CC(=O)C=C(c1ccccc1)[P+](c1ccccc1)(c1ccccc1)c1ccccc1. The summed E-state index contributed by atoms with van der Waals surface area (Å²) >= 11 is 0. The summed E-state index contributed by atoms with van der Waals surface area (Å²) in [5.41, 5.74) is 1.08. The highest BCUT2D eigenvalue weighted by Crippen LogP contribution is 2.66. The van der Waals surface area contributed by atoms with Crippen LogP contribution in [0.5, 0.6) is 0 Å². The molecule has 0 fully saturated rings. The molecule has 0 saturated heterocycles. The molecule has 0 spiro atoms. The summed E-state index contributed by atoms with van der Waals surface area (Å²) in [5, 5.41) is 4.79. The molecule has 0 saturated carbocycles. The third kappa shape index (κ3) is 3.77. The van der Waals surface area contributed by atoms with Crippen LogP contribution in [0.3, 0.4) is 0 Å². The molecular weight excluding hydrogens is 383 g/mol. The molecule has 0 aliphatic carbocycles. The maximum absolute atomic E-state index is 12.5. The highest BCUT2D eigenvalue weighted by Gasteiger charge is 2.50. The number of hydrogen-bond donors (Lipinski definition) is 0. The van der Waals surface area contributed by atoms with Gasteiger partial charge in [0.25, 0.3) is 0 Å². The first-order valence-electron chi connectivity index (χ1n) is 10.1. The molecule has 0 unspecified atom stereocenters. The van der Waals surface area contributed by atoms with Gasteiger partial charge in [0.05, 0.1) is 0 Å². The fourth-order valence-corrected chi connectivity index (χ4v) is 8.49. The van der Waals surface area contributed by atoms with Crippen molar-refractivity contribution in [2.24, 2.45) is 0 Å². The monoisotopic (exact) mass is 407 g/mol. The van der Waals surface area contributed by atoms with Crippen LogP contribution in [0.1, 0.15) is 12.5 Å². The van der Waals surface area contributed by atoms with E-state index >= 15 is 0 Å². The average molecular weight is 407 g/mol. The van der Waals surface area contributed by atoms with Gasteiger partial charge in [0.1, 0.15) is 28.5 Å². The van der Waals surface area contributed by atoms with Crippen molar-refractivity contribution < 1.29 is 4.79 Å². The molecule has 146 valence electrons. The molecule has 0 radical (unpaired) electrons. The predicted molar refractivity (Wildman–Crippen MR) is 130 cm³/mol. The lowest BCUT2D eigenvalue weighted by Gasteiger charge is -2.29. The zero-order valence-electron chi connectivity index (χ0n) is 17.0. The highest BCUT2D eigenvalue weighted by molar-refractivity contribution is 8.03. The molecule has 0 aliphatic heterocycles. The molecule has 0 aliphatic rings. The van der Waals surface area contributed by atoms with Crippen LogP contribution in [-0.2, 0) is 4.79 Å². The van der Waals surface area contributed by atoms with Gasteiger partial charge >= 0.3 is 0 Å². The number of carbonyl (C=O) groups is 1. The second kappa shape index (κ2) is 9.03. The van der Waals surface area contributed by atoms with E-state index in [2.05, 4.69) is 84.9 Å². The maximum Gasteiger partial charge on any atom is 0.156 e. The molecule has 2 heteroatoms. The van der Waals surface area contributed by atoms with Crippen LogP contribution in [0, 0.1) is 0 Å². The van der Waals surface area contributed by atoms with Gasteiger partial charge in [0, 0.05) is 11.6 Å². The fourth-order valence-electron chi connectivity index (χ4n) is 3.99. The minimum Gasteiger partial charge on any atom is -0.295 e. The van der Waals surface area contributed by atoms with Crippen molar-refractivity contribution in [2.45, 2.75) is 6.92 Å². The maximum atomic E-state index is 12.5. The van der Waals surface area contributed by atoms with Crippen molar-refractivity contribution >= 4 is 34.3 Å². The quantitative estimate of drug-likeness (QED) is 0.300. The van der Waals surface area contributed by atoms with Gasteiger partial charge < -0.3 is 0 Å². The number of benzene rings is 4. The van der Waals surface area contributed by atoms with Gasteiger partial charge in [-0.3, -0.25) is 4.79 Å². The normalized spacial score (nSPS) is 11.8. The number of carbonyl (C=O) groups excluding carboxylic acids is 1. The Bertz CT molecular complexity index is 1040. The van der Waals surface area contributed by atoms with E-state index in [0.717, 1.165) is 10.9 Å². The summed E-state index contributed by atoms with van der Waals surface area (Å²) in [4.78, 5) is 12.5. The van der Waals surface area contributed by atoms with Crippen LogP contribution in [0.2, 0.25) is 0 Å². The number of allylic oxidation sites excluding steroid dienone is 1.